The van der Waals surface area contributed by atoms with Crippen LogP contribution in [0.3, 0.4) is 0 Å². The van der Waals surface area contributed by atoms with Gasteiger partial charge in [0.15, 0.2) is 0 Å². The van der Waals surface area contributed by atoms with Gasteiger partial charge in [-0.25, -0.2) is 9.18 Å². The first-order valence-corrected chi connectivity index (χ1v) is 16.8. The van der Waals surface area contributed by atoms with Crippen molar-refractivity contribution in [3.63, 3.8) is 0 Å². The van der Waals surface area contributed by atoms with E-state index in [1.807, 2.05) is 59.4 Å². The highest BCUT2D eigenvalue weighted by molar-refractivity contribution is 6.62. The quantitative estimate of drug-likeness (QED) is 0.329. The molecule has 10 nitrogen and oxygen atoms in total. The summed E-state index contributed by atoms with van der Waals surface area (Å²) in [5, 5.41) is 0.573. The predicted molar refractivity (Wildman–Crippen MR) is 180 cm³/mol. The summed E-state index contributed by atoms with van der Waals surface area (Å²) in [5.74, 6) is 0.0688. The van der Waals surface area contributed by atoms with Gasteiger partial charge in [-0.2, -0.15) is 9.97 Å². The molecule has 0 spiro atoms. The molecule has 47 heavy (non-hydrogen) atoms. The summed E-state index contributed by atoms with van der Waals surface area (Å²) in [6.07, 6.45) is 3.05. The second kappa shape index (κ2) is 10.9. The van der Waals surface area contributed by atoms with Crippen LogP contribution in [0.25, 0.3) is 10.9 Å². The van der Waals surface area contributed by atoms with Gasteiger partial charge < -0.3 is 23.7 Å². The van der Waals surface area contributed by atoms with Crippen LogP contribution in [0.5, 0.6) is 6.01 Å². The van der Waals surface area contributed by atoms with E-state index in [9.17, 15) is 4.79 Å². The number of aromatic nitrogens is 2. The van der Waals surface area contributed by atoms with Gasteiger partial charge in [0.05, 0.1) is 28.8 Å². The van der Waals surface area contributed by atoms with Gasteiger partial charge in [0, 0.05) is 37.0 Å². The second-order valence-corrected chi connectivity index (χ2v) is 16.2. The summed E-state index contributed by atoms with van der Waals surface area (Å²) < 4.78 is 41.3. The van der Waals surface area contributed by atoms with Crippen molar-refractivity contribution in [2.24, 2.45) is 0 Å². The fraction of sp³-hybridized carbons (Fsp3) is 0.629. The van der Waals surface area contributed by atoms with Crippen LogP contribution in [0.2, 0.25) is 0 Å². The van der Waals surface area contributed by atoms with E-state index < -0.39 is 29.7 Å². The third-order valence-corrected chi connectivity index (χ3v) is 10.8. The molecule has 12 heteroatoms. The van der Waals surface area contributed by atoms with Crippen LogP contribution in [-0.4, -0.2) is 100 Å². The zero-order valence-electron chi connectivity index (χ0n) is 28.8. The SMILES string of the molecule is C=C1CN2CC(=C)CC2(COc2nc(N3C[C@H]4CC[C@@H](C3)N4C(=O)OC(C)(C)C)c3ccc(B4OC(C)(C)C(C)(C)O4)c(F)c3n2)C1. The highest BCUT2D eigenvalue weighted by atomic mass is 19.1. The van der Waals surface area contributed by atoms with Gasteiger partial charge >= 0.3 is 19.2 Å². The Morgan fingerprint density at radius 2 is 1.62 bits per heavy atom. The molecule has 2 atom stereocenters. The van der Waals surface area contributed by atoms with Crippen LogP contribution in [0, 0.1) is 5.82 Å². The van der Waals surface area contributed by atoms with Crippen molar-refractivity contribution in [3.05, 3.63) is 42.3 Å². The van der Waals surface area contributed by atoms with E-state index in [-0.39, 0.29) is 40.7 Å². The molecule has 0 radical (unpaired) electrons. The minimum atomic E-state index is -0.887. The van der Waals surface area contributed by atoms with Crippen molar-refractivity contribution >= 4 is 35.4 Å². The van der Waals surface area contributed by atoms with Crippen molar-refractivity contribution in [3.8, 4) is 6.01 Å². The molecule has 5 fully saturated rings. The largest absolute Gasteiger partial charge is 0.497 e. The van der Waals surface area contributed by atoms with Gasteiger partial charge in [-0.3, -0.25) is 9.80 Å². The van der Waals surface area contributed by atoms with Crippen molar-refractivity contribution in [1.82, 2.24) is 19.8 Å². The van der Waals surface area contributed by atoms with E-state index in [4.69, 9.17) is 23.8 Å². The lowest BCUT2D eigenvalue weighted by Gasteiger charge is -2.42. The maximum Gasteiger partial charge on any atom is 0.497 e. The van der Waals surface area contributed by atoms with Gasteiger partial charge in [-0.1, -0.05) is 30.4 Å². The minimum Gasteiger partial charge on any atom is -0.461 e. The molecule has 5 saturated heterocycles. The van der Waals surface area contributed by atoms with E-state index in [1.54, 1.807) is 6.07 Å². The summed E-state index contributed by atoms with van der Waals surface area (Å²) in [4.78, 5) is 29.2. The lowest BCUT2D eigenvalue weighted by molar-refractivity contribution is 0.00578. The van der Waals surface area contributed by atoms with Crippen LogP contribution < -0.4 is 15.1 Å². The lowest BCUT2D eigenvalue weighted by Crippen LogP contribution is -2.57. The van der Waals surface area contributed by atoms with Gasteiger partial charge in [-0.05, 0) is 80.2 Å². The maximum atomic E-state index is 16.7. The first-order chi connectivity index (χ1) is 22.0. The molecule has 1 aromatic heterocycles. The Balaban J connectivity index is 1.25. The monoisotopic (exact) mass is 647 g/mol. The minimum absolute atomic E-state index is 0.0479. The summed E-state index contributed by atoms with van der Waals surface area (Å²) in [7, 11) is -0.887. The Hall–Kier alpha value is -3.22. The molecule has 252 valence electrons. The van der Waals surface area contributed by atoms with Crippen molar-refractivity contribution in [2.75, 3.05) is 37.7 Å². The zero-order valence-corrected chi connectivity index (χ0v) is 28.8. The summed E-state index contributed by atoms with van der Waals surface area (Å²) in [6.45, 7) is 24.9. The Labute approximate surface area is 277 Å². The van der Waals surface area contributed by atoms with Crippen LogP contribution >= 0.6 is 0 Å². The van der Waals surface area contributed by atoms with Crippen LogP contribution in [-0.2, 0) is 14.0 Å². The number of carbonyl (C=O) groups is 1. The van der Waals surface area contributed by atoms with E-state index in [0.29, 0.717) is 30.9 Å². The van der Waals surface area contributed by atoms with E-state index >= 15 is 4.39 Å². The fourth-order valence-corrected chi connectivity index (χ4v) is 7.94. The fourth-order valence-electron chi connectivity index (χ4n) is 7.94. The average Bonchev–Trinajstić information content (AvgIpc) is 3.59. The van der Waals surface area contributed by atoms with Gasteiger partial charge in [-0.15, -0.1) is 0 Å². The molecule has 7 rings (SSSR count). The standard InChI is InChI=1S/C35H47BFN5O5/c1-21-14-35(15-22(2)17-41(35)16-21)20-44-30-38-28-25(12-13-26(27(28)37)36-46-33(6,7)34(8,9)47-36)29(39-30)40-18-23-10-11-24(19-40)42(23)31(43)45-32(3,4)5/h12-13,23-24H,1-2,10-11,14-20H2,3-9H3/t23-,24+. The molecule has 0 unspecified atom stereocenters. The smallest absolute Gasteiger partial charge is 0.461 e. The number of carbonyl (C=O) groups excluding carboxylic acids is 1. The Bertz CT molecular complexity index is 1610. The predicted octanol–water partition coefficient (Wildman–Crippen LogP) is 5.00. The molecular weight excluding hydrogens is 600 g/mol. The molecule has 2 bridgehead atoms. The second-order valence-electron chi connectivity index (χ2n) is 16.2. The number of rotatable bonds is 5. The van der Waals surface area contributed by atoms with E-state index in [0.717, 1.165) is 49.9 Å². The zero-order chi connectivity index (χ0) is 33.7. The number of piperazine rings is 1. The normalized spacial score (nSPS) is 26.4. The van der Waals surface area contributed by atoms with Crippen molar-refractivity contribution in [1.29, 1.82) is 0 Å². The number of fused-ring (bicyclic) bond motifs is 4. The number of nitrogens with zero attached hydrogens (tertiary/aromatic N) is 5. The lowest BCUT2D eigenvalue weighted by atomic mass is 9.78. The van der Waals surface area contributed by atoms with Gasteiger partial charge in [0.2, 0.25) is 0 Å². The first kappa shape index (κ1) is 32.3. The average molecular weight is 648 g/mol. The number of halogens is 1. The van der Waals surface area contributed by atoms with Gasteiger partial charge in [0.25, 0.3) is 0 Å². The number of hydrogen-bond acceptors (Lipinski definition) is 9. The van der Waals surface area contributed by atoms with Gasteiger partial charge in [0.1, 0.15) is 29.4 Å². The maximum absolute atomic E-state index is 16.7. The summed E-state index contributed by atoms with van der Waals surface area (Å²) >= 11 is 0. The Morgan fingerprint density at radius 1 is 1.02 bits per heavy atom. The molecule has 1 amide bonds. The number of anilines is 1. The topological polar surface area (TPSA) is 89.5 Å². The Morgan fingerprint density at radius 3 is 2.19 bits per heavy atom. The van der Waals surface area contributed by atoms with Crippen LogP contribution in [0.15, 0.2) is 36.4 Å². The van der Waals surface area contributed by atoms with E-state index in [2.05, 4.69) is 27.9 Å². The first-order valence-electron chi connectivity index (χ1n) is 16.8. The highest BCUT2D eigenvalue weighted by Gasteiger charge is 2.53. The van der Waals surface area contributed by atoms with E-state index in [1.165, 1.54) is 0 Å². The highest BCUT2D eigenvalue weighted by Crippen LogP contribution is 2.43. The number of amides is 1. The van der Waals surface area contributed by atoms with Crippen LogP contribution in [0.4, 0.5) is 15.0 Å². The third kappa shape index (κ3) is 5.59. The molecule has 0 N–H and O–H groups in total. The van der Waals surface area contributed by atoms with Crippen molar-refractivity contribution < 1.29 is 28.0 Å². The summed E-state index contributed by atoms with van der Waals surface area (Å²) in [6, 6.07) is 3.58. The molecule has 1 aromatic carbocycles. The van der Waals surface area contributed by atoms with Crippen molar-refractivity contribution in [2.45, 2.75) is 109 Å². The molecular formula is C35H47BFN5O5. The molecule has 5 aliphatic rings. The Kier molecular flexibility index (Phi) is 7.50. The number of hydrogen-bond donors (Lipinski definition) is 0. The number of benzene rings is 1. The number of ether oxygens (including phenoxy) is 2. The molecule has 2 aromatic rings. The molecule has 0 aliphatic carbocycles. The summed E-state index contributed by atoms with van der Waals surface area (Å²) in [5.41, 5.74) is 0.675. The molecule has 6 heterocycles. The van der Waals surface area contributed by atoms with Crippen LogP contribution in [0.1, 0.15) is 74.1 Å². The third-order valence-electron chi connectivity index (χ3n) is 10.8. The molecule has 0 saturated carbocycles. The molecule has 5 aliphatic heterocycles.